The molecular weight excluding hydrogens is 198 g/mol. The third-order valence-corrected chi connectivity index (χ3v) is 2.72. The molecule has 0 atom stereocenters. The molecule has 0 fully saturated rings. The van der Waals surface area contributed by atoms with Crippen LogP contribution in [0.2, 0.25) is 0 Å². The molecule has 2 aliphatic rings. The number of hydrogen-bond acceptors (Lipinski definition) is 3. The van der Waals surface area contributed by atoms with Crippen molar-refractivity contribution in [3.8, 4) is 11.5 Å². The molecule has 1 amide bonds. The summed E-state index contributed by atoms with van der Waals surface area (Å²) < 4.78 is 10.6. The van der Waals surface area contributed by atoms with Gasteiger partial charge in [-0.3, -0.25) is 4.90 Å². The molecule has 78 valence electrons. The first-order chi connectivity index (χ1) is 7.25. The fraction of sp³-hybridized carbons (Fsp3) is 0.300. The Bertz CT molecular complexity index is 443. The molecule has 0 unspecified atom stereocenters. The van der Waals surface area contributed by atoms with Crippen molar-refractivity contribution in [2.45, 2.75) is 13.1 Å². The Morgan fingerprint density at radius 1 is 1.33 bits per heavy atom. The molecule has 15 heavy (non-hydrogen) atoms. The first-order valence-corrected chi connectivity index (χ1v) is 4.64. The Balaban J connectivity index is 2.03. The second kappa shape index (κ2) is 2.79. The highest BCUT2D eigenvalue weighted by atomic mass is 16.7. The summed E-state index contributed by atoms with van der Waals surface area (Å²) in [5, 5.41) is 8.89. The number of nitrogens with zero attached hydrogens (tertiary/aromatic N) is 1. The highest BCUT2D eigenvalue weighted by Crippen LogP contribution is 2.41. The predicted molar refractivity (Wildman–Crippen MR) is 49.8 cm³/mol. The van der Waals surface area contributed by atoms with E-state index in [1.54, 1.807) is 0 Å². The van der Waals surface area contributed by atoms with E-state index in [4.69, 9.17) is 14.6 Å². The van der Waals surface area contributed by atoms with Crippen molar-refractivity contribution in [2.24, 2.45) is 0 Å². The maximum atomic E-state index is 10.8. The molecular formula is C10H9NO4. The lowest BCUT2D eigenvalue weighted by atomic mass is 10.1. The number of ether oxygens (including phenoxy) is 2. The number of fused-ring (bicyclic) bond motifs is 3. The molecule has 5 heteroatoms. The fourth-order valence-corrected chi connectivity index (χ4v) is 1.98. The van der Waals surface area contributed by atoms with Crippen LogP contribution in [0.25, 0.3) is 0 Å². The molecule has 1 aromatic carbocycles. The van der Waals surface area contributed by atoms with Gasteiger partial charge in [-0.1, -0.05) is 6.07 Å². The Kier molecular flexibility index (Phi) is 1.56. The monoisotopic (exact) mass is 207 g/mol. The summed E-state index contributed by atoms with van der Waals surface area (Å²) in [6, 6.07) is 3.72. The summed E-state index contributed by atoms with van der Waals surface area (Å²) in [7, 11) is 0. The quantitative estimate of drug-likeness (QED) is 0.698. The van der Waals surface area contributed by atoms with Gasteiger partial charge in [0, 0.05) is 12.1 Å². The molecule has 0 bridgehead atoms. The zero-order valence-electron chi connectivity index (χ0n) is 7.90. The molecule has 1 aromatic rings. The lowest BCUT2D eigenvalue weighted by Crippen LogP contribution is -2.22. The summed E-state index contributed by atoms with van der Waals surface area (Å²) in [6.07, 6.45) is -0.904. The van der Waals surface area contributed by atoms with Crippen LogP contribution in [-0.4, -0.2) is 22.9 Å². The van der Waals surface area contributed by atoms with Crippen LogP contribution in [0.1, 0.15) is 11.1 Å². The number of hydrogen-bond donors (Lipinski definition) is 1. The largest absolute Gasteiger partial charge is 0.465 e. The minimum Gasteiger partial charge on any atom is -0.465 e. The third-order valence-electron chi connectivity index (χ3n) is 2.72. The molecule has 0 saturated carbocycles. The van der Waals surface area contributed by atoms with E-state index in [2.05, 4.69) is 0 Å². The van der Waals surface area contributed by atoms with Gasteiger partial charge in [-0.15, -0.1) is 0 Å². The Hall–Kier alpha value is -1.91. The van der Waals surface area contributed by atoms with E-state index in [0.29, 0.717) is 24.6 Å². The second-order valence-electron chi connectivity index (χ2n) is 3.58. The summed E-state index contributed by atoms with van der Waals surface area (Å²) in [5.74, 6) is 1.41. The van der Waals surface area contributed by atoms with Gasteiger partial charge >= 0.3 is 6.09 Å². The van der Waals surface area contributed by atoms with E-state index in [9.17, 15) is 4.79 Å². The molecule has 0 saturated heterocycles. The lowest BCUT2D eigenvalue weighted by molar-refractivity contribution is 0.144. The van der Waals surface area contributed by atoms with Gasteiger partial charge in [0.1, 0.15) is 0 Å². The molecule has 3 rings (SSSR count). The van der Waals surface area contributed by atoms with Crippen molar-refractivity contribution in [2.75, 3.05) is 6.79 Å². The van der Waals surface area contributed by atoms with Crippen LogP contribution in [0.4, 0.5) is 4.79 Å². The Morgan fingerprint density at radius 3 is 3.00 bits per heavy atom. The van der Waals surface area contributed by atoms with Gasteiger partial charge in [-0.2, -0.15) is 0 Å². The summed E-state index contributed by atoms with van der Waals surface area (Å²) in [5.41, 5.74) is 1.94. The van der Waals surface area contributed by atoms with Gasteiger partial charge in [-0.05, 0) is 11.6 Å². The number of amides is 1. The van der Waals surface area contributed by atoms with E-state index >= 15 is 0 Å². The van der Waals surface area contributed by atoms with Gasteiger partial charge in [0.25, 0.3) is 0 Å². The summed E-state index contributed by atoms with van der Waals surface area (Å²) >= 11 is 0. The normalized spacial score (nSPS) is 16.7. The average molecular weight is 207 g/mol. The Morgan fingerprint density at radius 2 is 2.20 bits per heavy atom. The molecule has 2 heterocycles. The summed E-state index contributed by atoms with van der Waals surface area (Å²) in [6.45, 7) is 1.04. The van der Waals surface area contributed by atoms with Gasteiger partial charge in [0.15, 0.2) is 11.5 Å². The van der Waals surface area contributed by atoms with Gasteiger partial charge in [0.2, 0.25) is 6.79 Å². The maximum absolute atomic E-state index is 10.8. The number of benzene rings is 1. The predicted octanol–water partition coefficient (Wildman–Crippen LogP) is 1.41. The fourth-order valence-electron chi connectivity index (χ4n) is 1.98. The minimum atomic E-state index is -0.904. The van der Waals surface area contributed by atoms with Crippen LogP contribution in [-0.2, 0) is 13.1 Å². The van der Waals surface area contributed by atoms with Gasteiger partial charge < -0.3 is 14.6 Å². The van der Waals surface area contributed by atoms with Crippen LogP contribution < -0.4 is 9.47 Å². The van der Waals surface area contributed by atoms with E-state index in [1.807, 2.05) is 12.1 Å². The molecule has 0 radical (unpaired) electrons. The van der Waals surface area contributed by atoms with Crippen LogP contribution in [0.3, 0.4) is 0 Å². The van der Waals surface area contributed by atoms with Crippen LogP contribution in [0.5, 0.6) is 11.5 Å². The minimum absolute atomic E-state index is 0.221. The molecule has 1 N–H and O–H groups in total. The van der Waals surface area contributed by atoms with Crippen molar-refractivity contribution in [1.82, 2.24) is 4.90 Å². The Labute approximate surface area is 85.8 Å². The van der Waals surface area contributed by atoms with E-state index in [-0.39, 0.29) is 6.79 Å². The van der Waals surface area contributed by atoms with E-state index in [0.717, 1.165) is 11.1 Å². The second-order valence-corrected chi connectivity index (χ2v) is 3.58. The number of carboxylic acid groups (broad SMARTS) is 1. The average Bonchev–Trinajstić information content (AvgIpc) is 2.82. The van der Waals surface area contributed by atoms with Crippen molar-refractivity contribution >= 4 is 6.09 Å². The highest BCUT2D eigenvalue weighted by molar-refractivity contribution is 5.67. The topological polar surface area (TPSA) is 59.0 Å². The third kappa shape index (κ3) is 1.12. The molecule has 0 spiro atoms. The first-order valence-electron chi connectivity index (χ1n) is 4.64. The maximum Gasteiger partial charge on any atom is 0.407 e. The zero-order valence-corrected chi connectivity index (χ0v) is 7.90. The highest BCUT2D eigenvalue weighted by Gasteiger charge is 2.29. The molecule has 2 aliphatic heterocycles. The molecule has 5 nitrogen and oxygen atoms in total. The van der Waals surface area contributed by atoms with Gasteiger partial charge in [-0.25, -0.2) is 4.79 Å². The number of rotatable bonds is 0. The van der Waals surface area contributed by atoms with Crippen molar-refractivity contribution in [3.05, 3.63) is 23.3 Å². The van der Waals surface area contributed by atoms with Crippen molar-refractivity contribution < 1.29 is 19.4 Å². The van der Waals surface area contributed by atoms with Crippen molar-refractivity contribution in [3.63, 3.8) is 0 Å². The van der Waals surface area contributed by atoms with E-state index < -0.39 is 6.09 Å². The van der Waals surface area contributed by atoms with Crippen LogP contribution >= 0.6 is 0 Å². The van der Waals surface area contributed by atoms with Gasteiger partial charge in [0.05, 0.1) is 6.54 Å². The molecule has 0 aliphatic carbocycles. The van der Waals surface area contributed by atoms with Crippen molar-refractivity contribution in [1.29, 1.82) is 0 Å². The molecule has 0 aromatic heterocycles. The first kappa shape index (κ1) is 8.40. The van der Waals surface area contributed by atoms with Crippen LogP contribution in [0.15, 0.2) is 12.1 Å². The SMILES string of the molecule is O=C(O)N1Cc2ccc3c(c2C1)OCO3. The number of carbonyl (C=O) groups is 1. The van der Waals surface area contributed by atoms with Crippen LogP contribution in [0, 0.1) is 0 Å². The smallest absolute Gasteiger partial charge is 0.407 e. The lowest BCUT2D eigenvalue weighted by Gasteiger charge is -2.08. The standard InChI is InChI=1S/C10H9NO4/c12-10(13)11-3-6-1-2-8-9(7(6)4-11)15-5-14-8/h1-2H,3-5H2,(H,12,13). The van der Waals surface area contributed by atoms with E-state index in [1.165, 1.54) is 4.90 Å². The summed E-state index contributed by atoms with van der Waals surface area (Å²) in [4.78, 5) is 12.2. The zero-order chi connectivity index (χ0) is 10.4.